The third-order valence-corrected chi connectivity index (χ3v) is 3.81. The van der Waals surface area contributed by atoms with Gasteiger partial charge in [0.05, 0.1) is 5.02 Å². The van der Waals surface area contributed by atoms with Gasteiger partial charge in [-0.05, 0) is 24.8 Å². The summed E-state index contributed by atoms with van der Waals surface area (Å²) < 4.78 is 13.7. The Hall–Kier alpha value is -0.870. The van der Waals surface area contributed by atoms with E-state index in [1.807, 2.05) is 0 Å². The Labute approximate surface area is 112 Å². The summed E-state index contributed by atoms with van der Waals surface area (Å²) >= 11 is 5.68. The van der Waals surface area contributed by atoms with Gasteiger partial charge < -0.3 is 11.1 Å². The summed E-state index contributed by atoms with van der Waals surface area (Å²) in [5.41, 5.74) is 5.79. The van der Waals surface area contributed by atoms with E-state index in [0.29, 0.717) is 17.5 Å². The molecule has 1 saturated carbocycles. The number of aromatic nitrogens is 1. The molecule has 0 radical (unpaired) electrons. The molecule has 1 aromatic rings. The van der Waals surface area contributed by atoms with Crippen LogP contribution in [-0.2, 0) is 0 Å². The monoisotopic (exact) mass is 271 g/mol. The van der Waals surface area contributed by atoms with Crippen LogP contribution in [-0.4, -0.2) is 17.6 Å². The summed E-state index contributed by atoms with van der Waals surface area (Å²) in [5.74, 6) is 0.345. The van der Waals surface area contributed by atoms with Gasteiger partial charge in [-0.25, -0.2) is 9.37 Å². The minimum absolute atomic E-state index is 0.0912. The molecule has 100 valence electrons. The van der Waals surface area contributed by atoms with Crippen molar-refractivity contribution in [3.8, 4) is 0 Å². The second-order valence-electron chi connectivity index (χ2n) is 4.87. The molecule has 5 heteroatoms. The second-order valence-corrected chi connectivity index (χ2v) is 5.31. The quantitative estimate of drug-likeness (QED) is 0.884. The number of pyridine rings is 1. The molecule has 0 saturated heterocycles. The third-order valence-electron chi connectivity index (χ3n) is 3.60. The molecule has 1 aliphatic rings. The highest BCUT2D eigenvalue weighted by atomic mass is 35.5. The lowest BCUT2D eigenvalue weighted by atomic mass is 9.84. The zero-order valence-electron chi connectivity index (χ0n) is 10.3. The van der Waals surface area contributed by atoms with Crippen LogP contribution in [0.25, 0.3) is 0 Å². The molecule has 3 N–H and O–H groups in total. The standard InChI is InChI=1S/C13H19ClFN3/c14-10-6-11(15)13(17-8-10)18-12(7-16)9-4-2-1-3-5-9/h6,8-9,12H,1-5,7,16H2,(H,17,18). The van der Waals surface area contributed by atoms with Crippen molar-refractivity contribution in [1.29, 1.82) is 0 Å². The average Bonchev–Trinajstić information content (AvgIpc) is 2.39. The van der Waals surface area contributed by atoms with E-state index in [0.717, 1.165) is 12.8 Å². The van der Waals surface area contributed by atoms with Gasteiger partial charge in [0.1, 0.15) is 0 Å². The molecule has 18 heavy (non-hydrogen) atoms. The van der Waals surface area contributed by atoms with Gasteiger partial charge in [0.15, 0.2) is 11.6 Å². The van der Waals surface area contributed by atoms with Crippen LogP contribution in [0.2, 0.25) is 5.02 Å². The van der Waals surface area contributed by atoms with Gasteiger partial charge in [0.2, 0.25) is 0 Å². The first-order chi connectivity index (χ1) is 8.70. The van der Waals surface area contributed by atoms with Gasteiger partial charge in [0.25, 0.3) is 0 Å². The summed E-state index contributed by atoms with van der Waals surface area (Å²) in [4.78, 5) is 3.99. The molecule has 2 rings (SSSR count). The fraction of sp³-hybridized carbons (Fsp3) is 0.615. The van der Waals surface area contributed by atoms with Gasteiger partial charge in [-0.1, -0.05) is 30.9 Å². The normalized spacial score (nSPS) is 18.6. The van der Waals surface area contributed by atoms with Crippen molar-refractivity contribution in [1.82, 2.24) is 4.98 Å². The number of halogens is 2. The Kier molecular flexibility index (Phi) is 4.78. The fourth-order valence-corrected chi connectivity index (χ4v) is 2.75. The van der Waals surface area contributed by atoms with E-state index in [1.54, 1.807) is 0 Å². The van der Waals surface area contributed by atoms with E-state index in [-0.39, 0.29) is 11.9 Å². The number of nitrogens with one attached hydrogen (secondary N) is 1. The molecule has 0 bridgehead atoms. The molecule has 1 atom stereocenters. The van der Waals surface area contributed by atoms with Crippen LogP contribution < -0.4 is 11.1 Å². The van der Waals surface area contributed by atoms with E-state index in [2.05, 4.69) is 10.3 Å². The van der Waals surface area contributed by atoms with Crippen LogP contribution in [0.5, 0.6) is 0 Å². The highest BCUT2D eigenvalue weighted by Crippen LogP contribution is 2.28. The largest absolute Gasteiger partial charge is 0.363 e. The first-order valence-corrected chi connectivity index (χ1v) is 6.86. The highest BCUT2D eigenvalue weighted by Gasteiger charge is 2.23. The summed E-state index contributed by atoms with van der Waals surface area (Å²) in [7, 11) is 0. The molecular formula is C13H19ClFN3. The van der Waals surface area contributed by atoms with Gasteiger partial charge in [-0.3, -0.25) is 0 Å². The summed E-state index contributed by atoms with van der Waals surface area (Å²) in [6.45, 7) is 0.494. The second kappa shape index (κ2) is 6.34. The van der Waals surface area contributed by atoms with Crippen LogP contribution in [0.4, 0.5) is 10.2 Å². The molecule has 1 unspecified atom stereocenters. The Balaban J connectivity index is 2.04. The van der Waals surface area contributed by atoms with Gasteiger partial charge in [0, 0.05) is 18.8 Å². The minimum Gasteiger partial charge on any atom is -0.363 e. The first-order valence-electron chi connectivity index (χ1n) is 6.48. The number of rotatable bonds is 4. The van der Waals surface area contributed by atoms with Crippen LogP contribution in [0.1, 0.15) is 32.1 Å². The van der Waals surface area contributed by atoms with Crippen molar-refractivity contribution in [2.75, 3.05) is 11.9 Å². The molecule has 1 fully saturated rings. The summed E-state index contributed by atoms with van der Waals surface area (Å²) in [5, 5.41) is 3.43. The number of hydrogen-bond acceptors (Lipinski definition) is 3. The van der Waals surface area contributed by atoms with E-state index >= 15 is 0 Å². The average molecular weight is 272 g/mol. The topological polar surface area (TPSA) is 50.9 Å². The van der Waals surface area contributed by atoms with Crippen molar-refractivity contribution in [2.24, 2.45) is 11.7 Å². The van der Waals surface area contributed by atoms with E-state index in [4.69, 9.17) is 17.3 Å². The van der Waals surface area contributed by atoms with E-state index in [1.165, 1.54) is 31.5 Å². The molecule has 0 aromatic carbocycles. The lowest BCUT2D eigenvalue weighted by Gasteiger charge is -2.30. The fourth-order valence-electron chi connectivity index (χ4n) is 2.60. The highest BCUT2D eigenvalue weighted by molar-refractivity contribution is 6.30. The number of hydrogen-bond donors (Lipinski definition) is 2. The Morgan fingerprint density at radius 1 is 1.44 bits per heavy atom. The zero-order chi connectivity index (χ0) is 13.0. The molecular weight excluding hydrogens is 253 g/mol. The van der Waals surface area contributed by atoms with Crippen molar-refractivity contribution >= 4 is 17.4 Å². The van der Waals surface area contributed by atoms with Crippen LogP contribution in [0.3, 0.4) is 0 Å². The zero-order valence-corrected chi connectivity index (χ0v) is 11.1. The predicted octanol–water partition coefficient (Wildman–Crippen LogP) is 3.19. The van der Waals surface area contributed by atoms with Crippen molar-refractivity contribution in [2.45, 2.75) is 38.1 Å². The maximum Gasteiger partial charge on any atom is 0.166 e. The Morgan fingerprint density at radius 3 is 2.78 bits per heavy atom. The van der Waals surface area contributed by atoms with Crippen molar-refractivity contribution in [3.63, 3.8) is 0 Å². The summed E-state index contributed by atoms with van der Waals surface area (Å²) in [6, 6.07) is 1.36. The smallest absolute Gasteiger partial charge is 0.166 e. The molecule has 1 heterocycles. The van der Waals surface area contributed by atoms with Gasteiger partial charge >= 0.3 is 0 Å². The number of anilines is 1. The maximum absolute atomic E-state index is 13.7. The molecule has 1 aromatic heterocycles. The number of nitrogens with zero attached hydrogens (tertiary/aromatic N) is 1. The Bertz CT molecular complexity index is 394. The lowest BCUT2D eigenvalue weighted by molar-refractivity contribution is 0.319. The third kappa shape index (κ3) is 3.33. The van der Waals surface area contributed by atoms with Gasteiger partial charge in [-0.15, -0.1) is 0 Å². The predicted molar refractivity (Wildman–Crippen MR) is 72.2 cm³/mol. The Morgan fingerprint density at radius 2 is 2.17 bits per heavy atom. The first kappa shape index (κ1) is 13.6. The molecule has 0 aliphatic heterocycles. The molecule has 0 spiro atoms. The van der Waals surface area contributed by atoms with Gasteiger partial charge in [-0.2, -0.15) is 0 Å². The maximum atomic E-state index is 13.7. The lowest BCUT2D eigenvalue weighted by Crippen LogP contribution is -2.37. The summed E-state index contributed by atoms with van der Waals surface area (Å²) in [6.07, 6.45) is 7.52. The van der Waals surface area contributed by atoms with E-state index in [9.17, 15) is 4.39 Å². The molecule has 3 nitrogen and oxygen atoms in total. The van der Waals surface area contributed by atoms with Crippen LogP contribution in [0.15, 0.2) is 12.3 Å². The van der Waals surface area contributed by atoms with Crippen molar-refractivity contribution < 1.29 is 4.39 Å². The van der Waals surface area contributed by atoms with Crippen molar-refractivity contribution in [3.05, 3.63) is 23.1 Å². The molecule has 0 amide bonds. The van der Waals surface area contributed by atoms with Crippen LogP contribution in [0, 0.1) is 11.7 Å². The van der Waals surface area contributed by atoms with E-state index < -0.39 is 5.82 Å². The van der Waals surface area contributed by atoms with Crippen LogP contribution >= 0.6 is 11.6 Å². The SMILES string of the molecule is NCC(Nc1ncc(Cl)cc1F)C1CCCCC1. The minimum atomic E-state index is -0.420. The number of nitrogens with two attached hydrogens (primary N) is 1. The molecule has 1 aliphatic carbocycles.